The summed E-state index contributed by atoms with van der Waals surface area (Å²) >= 11 is 0. The maximum atomic E-state index is 12.9. The average Bonchev–Trinajstić information content (AvgIpc) is 2.85. The van der Waals surface area contributed by atoms with Crippen LogP contribution in [0.2, 0.25) is 0 Å². The Bertz CT molecular complexity index is 672. The molecule has 144 valence electrons. The zero-order valence-electron chi connectivity index (χ0n) is 16.4. The van der Waals surface area contributed by atoms with Gasteiger partial charge in [-0.15, -0.1) is 0 Å². The van der Waals surface area contributed by atoms with Crippen molar-refractivity contribution < 1.29 is 19.2 Å². The summed E-state index contributed by atoms with van der Waals surface area (Å²) < 4.78 is 0. The average molecular weight is 363 g/mol. The number of fused-ring (bicyclic) bond motifs is 2. The van der Waals surface area contributed by atoms with Crippen LogP contribution in [0.25, 0.3) is 0 Å². The van der Waals surface area contributed by atoms with Gasteiger partial charge in [0.25, 0.3) is 0 Å². The molecule has 26 heavy (non-hydrogen) atoms. The van der Waals surface area contributed by atoms with Crippen molar-refractivity contribution in [2.24, 2.45) is 16.7 Å². The van der Waals surface area contributed by atoms with Gasteiger partial charge in [-0.1, -0.05) is 34.6 Å². The van der Waals surface area contributed by atoms with Crippen molar-refractivity contribution >= 4 is 23.8 Å². The minimum atomic E-state index is -0.891. The third-order valence-corrected chi connectivity index (χ3v) is 5.71. The van der Waals surface area contributed by atoms with Gasteiger partial charge in [-0.25, -0.2) is 9.69 Å². The Morgan fingerprint density at radius 2 is 1.69 bits per heavy atom. The van der Waals surface area contributed by atoms with Gasteiger partial charge in [-0.3, -0.25) is 19.3 Å². The first-order valence-electron chi connectivity index (χ1n) is 9.39. The Balaban J connectivity index is 1.72. The van der Waals surface area contributed by atoms with Gasteiger partial charge < -0.3 is 4.90 Å². The molecule has 1 aliphatic carbocycles. The van der Waals surface area contributed by atoms with Gasteiger partial charge >= 0.3 is 17.8 Å². The van der Waals surface area contributed by atoms with Crippen molar-refractivity contribution in [1.82, 2.24) is 14.7 Å². The zero-order chi connectivity index (χ0) is 19.4. The Labute approximate surface area is 154 Å². The summed E-state index contributed by atoms with van der Waals surface area (Å²) in [7, 11) is 0. The van der Waals surface area contributed by atoms with Crippen LogP contribution >= 0.6 is 0 Å². The molecule has 0 aromatic carbocycles. The fraction of sp³-hybridized carbons (Fsp3) is 0.789. The van der Waals surface area contributed by atoms with Crippen molar-refractivity contribution in [2.45, 2.75) is 59.9 Å². The largest absolute Gasteiger partial charge is 0.338 e. The van der Waals surface area contributed by atoms with E-state index in [-0.39, 0.29) is 41.8 Å². The van der Waals surface area contributed by atoms with Gasteiger partial charge in [0.05, 0.1) is 0 Å². The minimum absolute atomic E-state index is 0.0614. The molecule has 2 aliphatic heterocycles. The molecule has 0 unspecified atom stereocenters. The summed E-state index contributed by atoms with van der Waals surface area (Å²) in [6, 6.07) is -0.526. The van der Waals surface area contributed by atoms with Crippen LogP contribution in [0.3, 0.4) is 0 Å². The molecule has 2 saturated heterocycles. The highest BCUT2D eigenvalue weighted by Crippen LogP contribution is 2.52. The van der Waals surface area contributed by atoms with E-state index in [0.29, 0.717) is 6.54 Å². The second-order valence-corrected chi connectivity index (χ2v) is 9.72. The first-order chi connectivity index (χ1) is 11.9. The molecule has 5 amide bonds. The lowest BCUT2D eigenvalue weighted by Crippen LogP contribution is -2.45. The summed E-state index contributed by atoms with van der Waals surface area (Å²) in [4.78, 5) is 53.2. The zero-order valence-corrected chi connectivity index (χ0v) is 16.4. The lowest BCUT2D eigenvalue weighted by atomic mass is 9.65. The van der Waals surface area contributed by atoms with Crippen LogP contribution in [0.15, 0.2) is 0 Å². The highest BCUT2D eigenvalue weighted by atomic mass is 16.2. The van der Waals surface area contributed by atoms with E-state index in [1.54, 1.807) is 0 Å². The fourth-order valence-corrected chi connectivity index (χ4v) is 5.19. The molecule has 7 heteroatoms. The summed E-state index contributed by atoms with van der Waals surface area (Å²) in [5, 5.41) is 0. The molecule has 0 aromatic heterocycles. The number of urea groups is 1. The number of hydrogen-bond acceptors (Lipinski definition) is 4. The highest BCUT2D eigenvalue weighted by molar-refractivity contribution is 6.45. The smallest absolute Gasteiger partial charge is 0.334 e. The van der Waals surface area contributed by atoms with Crippen LogP contribution in [-0.2, 0) is 14.4 Å². The molecule has 3 fully saturated rings. The van der Waals surface area contributed by atoms with E-state index < -0.39 is 17.8 Å². The van der Waals surface area contributed by atoms with Crippen molar-refractivity contribution in [3.8, 4) is 0 Å². The van der Waals surface area contributed by atoms with Gasteiger partial charge in [0.1, 0.15) is 6.54 Å². The van der Waals surface area contributed by atoms with E-state index in [4.69, 9.17) is 0 Å². The molecule has 1 saturated carbocycles. The molecule has 3 rings (SSSR count). The van der Waals surface area contributed by atoms with Gasteiger partial charge in [-0.05, 0) is 36.0 Å². The number of nitrogens with zero attached hydrogens (tertiary/aromatic N) is 3. The minimum Gasteiger partial charge on any atom is -0.338 e. The number of imide groups is 2. The van der Waals surface area contributed by atoms with Crippen LogP contribution in [-0.4, -0.2) is 64.1 Å². The van der Waals surface area contributed by atoms with E-state index >= 15 is 0 Å². The molecule has 7 nitrogen and oxygen atoms in total. The molecular weight excluding hydrogens is 334 g/mol. The van der Waals surface area contributed by atoms with Gasteiger partial charge in [-0.2, -0.15) is 0 Å². The van der Waals surface area contributed by atoms with E-state index in [1.807, 2.05) is 18.7 Å². The van der Waals surface area contributed by atoms with Crippen LogP contribution in [0.5, 0.6) is 0 Å². The van der Waals surface area contributed by atoms with Crippen molar-refractivity contribution in [2.75, 3.05) is 19.6 Å². The maximum Gasteiger partial charge on any atom is 0.334 e. The van der Waals surface area contributed by atoms with Crippen molar-refractivity contribution in [1.29, 1.82) is 0 Å². The third-order valence-electron chi connectivity index (χ3n) is 5.71. The summed E-state index contributed by atoms with van der Waals surface area (Å²) in [6.07, 6.45) is 2.94. The van der Waals surface area contributed by atoms with Gasteiger partial charge in [0.2, 0.25) is 5.91 Å². The van der Waals surface area contributed by atoms with Gasteiger partial charge in [0, 0.05) is 19.1 Å². The lowest BCUT2D eigenvalue weighted by molar-refractivity contribution is -0.145. The molecule has 0 N–H and O–H groups in total. The van der Waals surface area contributed by atoms with E-state index in [0.717, 1.165) is 29.1 Å². The molecular formula is C19H29N3O4. The van der Waals surface area contributed by atoms with E-state index in [2.05, 4.69) is 20.8 Å². The summed E-state index contributed by atoms with van der Waals surface area (Å²) in [5.74, 6) is -1.90. The van der Waals surface area contributed by atoms with Crippen molar-refractivity contribution in [3.05, 3.63) is 0 Å². The number of carbonyl (C=O) groups excluding carboxylic acids is 4. The standard InChI is InChI=1S/C19H29N3O4/c1-12(2)8-20-15(24)16(25)21(17(20)26)9-14(23)22-11-19(5)7-13(22)6-18(3,4)10-19/h12-13H,6-11H2,1-5H3/t13-,19-/m0/s1. The Kier molecular flexibility index (Phi) is 4.40. The number of likely N-dealkylation sites (tertiary alicyclic amines) is 1. The molecule has 3 aliphatic rings. The third kappa shape index (κ3) is 3.23. The Hall–Kier alpha value is -1.92. The quantitative estimate of drug-likeness (QED) is 0.564. The topological polar surface area (TPSA) is 78.0 Å². The number of amides is 5. The second-order valence-electron chi connectivity index (χ2n) is 9.72. The molecule has 0 radical (unpaired) electrons. The molecule has 2 bridgehead atoms. The number of carbonyl (C=O) groups is 4. The maximum absolute atomic E-state index is 12.9. The molecule has 0 spiro atoms. The first kappa shape index (κ1) is 18.9. The van der Waals surface area contributed by atoms with Gasteiger partial charge in [0.15, 0.2) is 0 Å². The van der Waals surface area contributed by atoms with E-state index in [9.17, 15) is 19.2 Å². The first-order valence-corrected chi connectivity index (χ1v) is 9.39. The van der Waals surface area contributed by atoms with Crippen LogP contribution < -0.4 is 0 Å². The lowest BCUT2D eigenvalue weighted by Gasteiger charge is -2.39. The predicted molar refractivity (Wildman–Crippen MR) is 94.9 cm³/mol. The Morgan fingerprint density at radius 1 is 1.08 bits per heavy atom. The fourth-order valence-electron chi connectivity index (χ4n) is 5.19. The summed E-state index contributed by atoms with van der Waals surface area (Å²) in [6.45, 7) is 10.9. The monoisotopic (exact) mass is 363 g/mol. The van der Waals surface area contributed by atoms with Crippen LogP contribution in [0.1, 0.15) is 53.9 Å². The van der Waals surface area contributed by atoms with E-state index in [1.165, 1.54) is 0 Å². The van der Waals surface area contributed by atoms with Crippen LogP contribution in [0, 0.1) is 16.7 Å². The van der Waals surface area contributed by atoms with Crippen molar-refractivity contribution in [3.63, 3.8) is 0 Å². The predicted octanol–water partition coefficient (Wildman–Crippen LogP) is 1.86. The molecule has 2 atom stereocenters. The SMILES string of the molecule is CC(C)CN1C(=O)C(=O)N(CC(=O)N2C[C@@]3(C)C[C@@H]2CC(C)(C)C3)C1=O. The molecule has 2 heterocycles. The number of hydrogen-bond donors (Lipinski definition) is 0. The number of rotatable bonds is 4. The summed E-state index contributed by atoms with van der Waals surface area (Å²) in [5.41, 5.74) is 0.261. The second kappa shape index (κ2) is 6.06. The normalized spacial score (nSPS) is 30.8. The Morgan fingerprint density at radius 3 is 2.31 bits per heavy atom. The molecule has 0 aromatic rings. The van der Waals surface area contributed by atoms with Crippen LogP contribution in [0.4, 0.5) is 4.79 Å². The highest BCUT2D eigenvalue weighted by Gasteiger charge is 2.52.